The molecule has 1 aromatic heterocycles. The number of benzene rings is 1. The number of halogens is 1. The molecular formula is C16H21ClN2OS. The second-order valence-electron chi connectivity index (χ2n) is 5.34. The van der Waals surface area contributed by atoms with Crippen LogP contribution in [0.1, 0.15) is 31.5 Å². The molecule has 1 aromatic carbocycles. The number of hydrogen-bond donors (Lipinski definition) is 0. The van der Waals surface area contributed by atoms with E-state index in [2.05, 4.69) is 18.2 Å². The average Bonchev–Trinajstić information content (AvgIpc) is 2.49. The third-order valence-corrected chi connectivity index (χ3v) is 4.88. The van der Waals surface area contributed by atoms with E-state index in [1.165, 1.54) is 0 Å². The topological polar surface area (TPSA) is 34.9 Å². The van der Waals surface area contributed by atoms with Gasteiger partial charge in [-0.25, -0.2) is 4.98 Å². The summed E-state index contributed by atoms with van der Waals surface area (Å²) in [6.07, 6.45) is 2.83. The van der Waals surface area contributed by atoms with Gasteiger partial charge in [-0.15, -0.1) is 11.6 Å². The first-order chi connectivity index (χ1) is 10.1. The van der Waals surface area contributed by atoms with E-state index in [-0.39, 0.29) is 10.9 Å². The molecule has 1 heterocycles. The van der Waals surface area contributed by atoms with Crippen molar-refractivity contribution in [3.63, 3.8) is 0 Å². The summed E-state index contributed by atoms with van der Waals surface area (Å²) < 4.78 is 1.77. The fraction of sp³-hybridized carbons (Fsp3) is 0.500. The molecule has 0 N–H and O–H groups in total. The lowest BCUT2D eigenvalue weighted by Crippen LogP contribution is -2.29. The third-order valence-electron chi connectivity index (χ3n) is 3.48. The van der Waals surface area contributed by atoms with E-state index in [1.54, 1.807) is 16.3 Å². The van der Waals surface area contributed by atoms with Gasteiger partial charge in [-0.1, -0.05) is 26.0 Å². The Bertz CT molecular complexity index is 671. The van der Waals surface area contributed by atoms with Gasteiger partial charge >= 0.3 is 0 Å². The fourth-order valence-corrected chi connectivity index (χ4v) is 3.27. The molecule has 0 aliphatic rings. The van der Waals surface area contributed by atoms with Gasteiger partial charge in [0.1, 0.15) is 5.82 Å². The Labute approximate surface area is 134 Å². The van der Waals surface area contributed by atoms with Crippen molar-refractivity contribution < 1.29 is 0 Å². The van der Waals surface area contributed by atoms with Gasteiger partial charge in [-0.05, 0) is 36.5 Å². The van der Waals surface area contributed by atoms with E-state index in [4.69, 9.17) is 11.6 Å². The zero-order valence-corrected chi connectivity index (χ0v) is 14.2. The van der Waals surface area contributed by atoms with Crippen molar-refractivity contribution in [3.05, 3.63) is 40.4 Å². The van der Waals surface area contributed by atoms with Gasteiger partial charge in [0.25, 0.3) is 5.56 Å². The third kappa shape index (κ3) is 3.61. The molecule has 0 radical (unpaired) electrons. The quantitative estimate of drug-likeness (QED) is 0.751. The van der Waals surface area contributed by atoms with Crippen LogP contribution < -0.4 is 5.56 Å². The van der Waals surface area contributed by atoms with Crippen LogP contribution in [0.4, 0.5) is 0 Å². The van der Waals surface area contributed by atoms with Crippen molar-refractivity contribution in [1.82, 2.24) is 9.55 Å². The van der Waals surface area contributed by atoms with Crippen LogP contribution in [-0.2, 0) is 6.54 Å². The second kappa shape index (κ2) is 7.32. The highest BCUT2D eigenvalue weighted by Crippen LogP contribution is 2.23. The summed E-state index contributed by atoms with van der Waals surface area (Å²) in [4.78, 5) is 17.4. The second-order valence-corrected chi connectivity index (χ2v) is 6.78. The van der Waals surface area contributed by atoms with Crippen molar-refractivity contribution >= 4 is 34.3 Å². The van der Waals surface area contributed by atoms with E-state index in [0.717, 1.165) is 17.7 Å². The van der Waals surface area contributed by atoms with Crippen molar-refractivity contribution in [2.24, 2.45) is 5.92 Å². The molecule has 2 atom stereocenters. The molecule has 0 amide bonds. The van der Waals surface area contributed by atoms with Crippen molar-refractivity contribution in [2.75, 3.05) is 12.0 Å². The number of thioether (sulfide) groups is 1. The smallest absolute Gasteiger partial charge is 0.261 e. The van der Waals surface area contributed by atoms with Crippen LogP contribution >= 0.6 is 23.4 Å². The van der Waals surface area contributed by atoms with Crippen molar-refractivity contribution in [3.8, 4) is 0 Å². The lowest BCUT2D eigenvalue weighted by atomic mass is 10.2. The minimum absolute atomic E-state index is 0.0163. The minimum atomic E-state index is -0.233. The number of rotatable bonds is 6. The lowest BCUT2D eigenvalue weighted by molar-refractivity contribution is 0.492. The van der Waals surface area contributed by atoms with E-state index >= 15 is 0 Å². The molecule has 0 aliphatic carbocycles. The van der Waals surface area contributed by atoms with Crippen LogP contribution in [0.15, 0.2) is 29.1 Å². The van der Waals surface area contributed by atoms with Crippen LogP contribution in [0, 0.1) is 5.92 Å². The zero-order chi connectivity index (χ0) is 15.4. The number of para-hydroxylation sites is 1. The molecule has 0 spiro atoms. The molecule has 21 heavy (non-hydrogen) atoms. The summed E-state index contributed by atoms with van der Waals surface area (Å²) in [5.74, 6) is 2.11. The van der Waals surface area contributed by atoms with Crippen LogP contribution in [0.5, 0.6) is 0 Å². The largest absolute Gasteiger partial charge is 0.295 e. The SMILES string of the molecule is CCC(Cl)c1nc2ccccc2c(=O)n1CC(C)CSC. The fourth-order valence-electron chi connectivity index (χ4n) is 2.43. The van der Waals surface area contributed by atoms with Gasteiger partial charge in [0.05, 0.1) is 16.3 Å². The van der Waals surface area contributed by atoms with Gasteiger partial charge in [-0.3, -0.25) is 9.36 Å². The highest BCUT2D eigenvalue weighted by molar-refractivity contribution is 7.98. The van der Waals surface area contributed by atoms with E-state index < -0.39 is 0 Å². The Morgan fingerprint density at radius 3 is 2.76 bits per heavy atom. The molecule has 2 unspecified atom stereocenters. The Morgan fingerprint density at radius 1 is 1.38 bits per heavy atom. The van der Waals surface area contributed by atoms with Gasteiger partial charge < -0.3 is 0 Å². The summed E-state index contributed by atoms with van der Waals surface area (Å²) in [7, 11) is 0. The van der Waals surface area contributed by atoms with Crippen LogP contribution in [0.2, 0.25) is 0 Å². The molecule has 2 aromatic rings. The monoisotopic (exact) mass is 324 g/mol. The Hall–Kier alpha value is -1.00. The molecule has 0 aliphatic heterocycles. The molecular weight excluding hydrogens is 304 g/mol. The summed E-state index contributed by atoms with van der Waals surface area (Å²) in [6.45, 7) is 4.82. The number of fused-ring (bicyclic) bond motifs is 1. The molecule has 3 nitrogen and oxygen atoms in total. The Balaban J connectivity index is 2.58. The summed E-state index contributed by atoms with van der Waals surface area (Å²) in [5, 5.41) is 0.432. The molecule has 0 saturated heterocycles. The summed E-state index contributed by atoms with van der Waals surface area (Å²) in [6, 6.07) is 7.47. The maximum Gasteiger partial charge on any atom is 0.261 e. The molecule has 114 valence electrons. The molecule has 0 saturated carbocycles. The standard InChI is InChI=1S/C16H21ClN2OS/c1-4-13(17)15-18-14-8-6-5-7-12(14)16(20)19(15)9-11(2)10-21-3/h5-8,11,13H,4,9-10H2,1-3H3. The first-order valence-electron chi connectivity index (χ1n) is 7.21. The first-order valence-corrected chi connectivity index (χ1v) is 9.04. The maximum absolute atomic E-state index is 12.8. The van der Waals surface area contributed by atoms with Crippen LogP contribution in [0.25, 0.3) is 10.9 Å². The van der Waals surface area contributed by atoms with Crippen molar-refractivity contribution in [2.45, 2.75) is 32.2 Å². The van der Waals surface area contributed by atoms with E-state index in [9.17, 15) is 4.79 Å². The normalized spacial score (nSPS) is 14.3. The number of hydrogen-bond acceptors (Lipinski definition) is 3. The lowest BCUT2D eigenvalue weighted by Gasteiger charge is -2.19. The summed E-state index contributed by atoms with van der Waals surface area (Å²) >= 11 is 8.19. The predicted molar refractivity (Wildman–Crippen MR) is 92.4 cm³/mol. The predicted octanol–water partition coefficient (Wildman–Crippen LogP) is 4.09. The maximum atomic E-state index is 12.8. The van der Waals surface area contributed by atoms with Gasteiger partial charge in [0.2, 0.25) is 0 Å². The van der Waals surface area contributed by atoms with Gasteiger partial charge in [-0.2, -0.15) is 11.8 Å². The molecule has 2 rings (SSSR count). The van der Waals surface area contributed by atoms with E-state index in [1.807, 2.05) is 31.2 Å². The van der Waals surface area contributed by atoms with Crippen LogP contribution in [0.3, 0.4) is 0 Å². The van der Waals surface area contributed by atoms with Gasteiger partial charge in [0, 0.05) is 6.54 Å². The zero-order valence-electron chi connectivity index (χ0n) is 12.7. The molecule has 5 heteroatoms. The number of alkyl halides is 1. The van der Waals surface area contributed by atoms with Crippen LogP contribution in [-0.4, -0.2) is 21.6 Å². The minimum Gasteiger partial charge on any atom is -0.295 e. The summed E-state index contributed by atoms with van der Waals surface area (Å²) in [5.41, 5.74) is 0.744. The van der Waals surface area contributed by atoms with Gasteiger partial charge in [0.15, 0.2) is 0 Å². The van der Waals surface area contributed by atoms with Crippen molar-refractivity contribution in [1.29, 1.82) is 0 Å². The average molecular weight is 325 g/mol. The Morgan fingerprint density at radius 2 is 2.10 bits per heavy atom. The van der Waals surface area contributed by atoms with E-state index in [0.29, 0.717) is 23.7 Å². The Kier molecular flexibility index (Phi) is 5.71. The highest BCUT2D eigenvalue weighted by atomic mass is 35.5. The molecule has 0 bridgehead atoms. The molecule has 0 fully saturated rings. The first kappa shape index (κ1) is 16.4. The highest BCUT2D eigenvalue weighted by Gasteiger charge is 2.18. The number of nitrogens with zero attached hydrogens (tertiary/aromatic N) is 2. The number of aromatic nitrogens is 2.